The van der Waals surface area contributed by atoms with Crippen LogP contribution in [0.25, 0.3) is 0 Å². The Bertz CT molecular complexity index is 112. The Labute approximate surface area is 57.0 Å². The van der Waals surface area contributed by atoms with Crippen molar-refractivity contribution in [3.8, 4) is 0 Å². The van der Waals surface area contributed by atoms with Crippen LogP contribution in [0.2, 0.25) is 0 Å². The van der Waals surface area contributed by atoms with E-state index in [-0.39, 0.29) is 0 Å². The molecule has 0 saturated heterocycles. The van der Waals surface area contributed by atoms with Crippen molar-refractivity contribution in [3.05, 3.63) is 24.7 Å². The van der Waals surface area contributed by atoms with Gasteiger partial charge in [0.2, 0.25) is 0 Å². The minimum atomic E-state index is 0.452. The Morgan fingerprint density at radius 1 is 1.56 bits per heavy atom. The topological polar surface area (TPSA) is 9.23 Å². The maximum atomic E-state index is 5.08. The van der Waals surface area contributed by atoms with Crippen molar-refractivity contribution < 1.29 is 4.74 Å². The summed E-state index contributed by atoms with van der Waals surface area (Å²) in [5.41, 5.74) is 0. The zero-order valence-electron chi connectivity index (χ0n) is 6.35. The highest BCUT2D eigenvalue weighted by Crippen LogP contribution is 2.09. The van der Waals surface area contributed by atoms with Crippen LogP contribution in [0.15, 0.2) is 24.7 Å². The van der Waals surface area contributed by atoms with Gasteiger partial charge in [-0.1, -0.05) is 20.4 Å². The summed E-state index contributed by atoms with van der Waals surface area (Å²) in [7, 11) is 0. The summed E-state index contributed by atoms with van der Waals surface area (Å²) in [5, 5.41) is 0. The second-order valence-electron chi connectivity index (χ2n) is 2.13. The molecule has 0 unspecified atom stereocenters. The van der Waals surface area contributed by atoms with Gasteiger partial charge >= 0.3 is 0 Å². The zero-order chi connectivity index (χ0) is 7.28. The molecule has 0 aliphatic carbocycles. The van der Waals surface area contributed by atoms with Crippen LogP contribution in [0.3, 0.4) is 0 Å². The van der Waals surface area contributed by atoms with Gasteiger partial charge in [-0.2, -0.15) is 0 Å². The molecule has 0 N–H and O–H groups in total. The number of ether oxygens (including phenoxy) is 1. The molecule has 1 nitrogen and oxygen atoms in total. The maximum absolute atomic E-state index is 5.08. The first kappa shape index (κ1) is 8.28. The molecule has 0 aliphatic heterocycles. The second-order valence-corrected chi connectivity index (χ2v) is 2.13. The molecule has 0 rings (SSSR count). The molecule has 52 valence electrons. The van der Waals surface area contributed by atoms with E-state index >= 15 is 0 Å². The van der Waals surface area contributed by atoms with E-state index in [1.54, 1.807) is 0 Å². The lowest BCUT2D eigenvalue weighted by Gasteiger charge is -2.07. The van der Waals surface area contributed by atoms with Gasteiger partial charge in [-0.25, -0.2) is 0 Å². The third-order valence-electron chi connectivity index (χ3n) is 1.07. The Morgan fingerprint density at radius 3 is 2.22 bits per heavy atom. The first-order valence-electron chi connectivity index (χ1n) is 3.16. The van der Waals surface area contributed by atoms with Crippen LogP contribution >= 0.6 is 0 Å². The molecule has 0 amide bonds. The van der Waals surface area contributed by atoms with Crippen molar-refractivity contribution in [1.29, 1.82) is 0 Å². The van der Waals surface area contributed by atoms with E-state index in [4.69, 9.17) is 4.74 Å². The van der Waals surface area contributed by atoms with Gasteiger partial charge in [-0.15, -0.1) is 0 Å². The normalized spacial score (nSPS) is 11.8. The zero-order valence-corrected chi connectivity index (χ0v) is 6.35. The molecule has 0 spiro atoms. The predicted molar refractivity (Wildman–Crippen MR) is 39.9 cm³/mol. The monoisotopic (exact) mass is 126 g/mol. The van der Waals surface area contributed by atoms with Gasteiger partial charge in [0.05, 0.1) is 6.26 Å². The lowest BCUT2D eigenvalue weighted by Crippen LogP contribution is -1.93. The van der Waals surface area contributed by atoms with Gasteiger partial charge in [0.25, 0.3) is 0 Å². The fourth-order valence-corrected chi connectivity index (χ4v) is 0.634. The van der Waals surface area contributed by atoms with E-state index in [0.29, 0.717) is 5.92 Å². The van der Waals surface area contributed by atoms with Gasteiger partial charge in [0.1, 0.15) is 5.76 Å². The van der Waals surface area contributed by atoms with Gasteiger partial charge in [0.15, 0.2) is 0 Å². The SMILES string of the molecule is C=CO/C(=C\C)C(C)C. The lowest BCUT2D eigenvalue weighted by atomic mass is 10.2. The van der Waals surface area contributed by atoms with Crippen molar-refractivity contribution >= 4 is 0 Å². The summed E-state index contributed by atoms with van der Waals surface area (Å²) in [6.45, 7) is 9.59. The van der Waals surface area contributed by atoms with Gasteiger partial charge in [-0.3, -0.25) is 0 Å². The summed E-state index contributed by atoms with van der Waals surface area (Å²) in [6.07, 6.45) is 3.40. The third kappa shape index (κ3) is 2.96. The predicted octanol–water partition coefficient (Wildman–Crippen LogP) is 2.71. The largest absolute Gasteiger partial charge is 0.470 e. The summed E-state index contributed by atoms with van der Waals surface area (Å²) >= 11 is 0. The maximum Gasteiger partial charge on any atom is 0.101 e. The van der Waals surface area contributed by atoms with Crippen LogP contribution in [0.1, 0.15) is 20.8 Å². The van der Waals surface area contributed by atoms with Gasteiger partial charge in [0, 0.05) is 5.92 Å². The first-order valence-corrected chi connectivity index (χ1v) is 3.16. The lowest BCUT2D eigenvalue weighted by molar-refractivity contribution is 0.305. The molecule has 0 saturated carbocycles. The number of allylic oxidation sites excluding steroid dienone is 2. The van der Waals surface area contributed by atoms with Crippen molar-refractivity contribution in [2.24, 2.45) is 5.92 Å². The van der Waals surface area contributed by atoms with E-state index in [2.05, 4.69) is 20.4 Å². The molecule has 0 aromatic heterocycles. The minimum absolute atomic E-state index is 0.452. The molecule has 0 fully saturated rings. The summed E-state index contributed by atoms with van der Waals surface area (Å²) < 4.78 is 5.08. The van der Waals surface area contributed by atoms with Crippen molar-refractivity contribution in [2.45, 2.75) is 20.8 Å². The van der Waals surface area contributed by atoms with E-state index in [9.17, 15) is 0 Å². The molecule has 9 heavy (non-hydrogen) atoms. The fourth-order valence-electron chi connectivity index (χ4n) is 0.634. The Balaban J connectivity index is 3.84. The van der Waals surface area contributed by atoms with Crippen molar-refractivity contribution in [3.63, 3.8) is 0 Å². The Kier molecular flexibility index (Phi) is 3.85. The van der Waals surface area contributed by atoms with Gasteiger partial charge < -0.3 is 4.74 Å². The van der Waals surface area contributed by atoms with Crippen LogP contribution in [0.5, 0.6) is 0 Å². The quantitative estimate of drug-likeness (QED) is 0.528. The minimum Gasteiger partial charge on any atom is -0.470 e. The molecule has 0 aliphatic rings. The average molecular weight is 126 g/mol. The van der Waals surface area contributed by atoms with Gasteiger partial charge in [-0.05, 0) is 13.0 Å². The van der Waals surface area contributed by atoms with Crippen LogP contribution < -0.4 is 0 Å². The van der Waals surface area contributed by atoms with E-state index < -0.39 is 0 Å². The molecule has 0 aromatic rings. The number of hydrogen-bond acceptors (Lipinski definition) is 1. The standard InChI is InChI=1S/C8H14O/c1-5-8(7(3)4)9-6-2/h5-7H,2H2,1,3-4H3/b8-5-. The molecule has 0 radical (unpaired) electrons. The van der Waals surface area contributed by atoms with Crippen LogP contribution in [-0.2, 0) is 4.74 Å². The third-order valence-corrected chi connectivity index (χ3v) is 1.07. The highest BCUT2D eigenvalue weighted by Gasteiger charge is 1.98. The first-order chi connectivity index (χ1) is 4.22. The summed E-state index contributed by atoms with van der Waals surface area (Å²) in [6, 6.07) is 0. The fraction of sp³-hybridized carbons (Fsp3) is 0.500. The molecule has 0 bridgehead atoms. The van der Waals surface area contributed by atoms with E-state index in [0.717, 1.165) is 5.76 Å². The smallest absolute Gasteiger partial charge is 0.101 e. The van der Waals surface area contributed by atoms with Crippen molar-refractivity contribution in [1.82, 2.24) is 0 Å². The molecule has 0 heterocycles. The molecule has 0 atom stereocenters. The van der Waals surface area contributed by atoms with Crippen molar-refractivity contribution in [2.75, 3.05) is 0 Å². The molecular weight excluding hydrogens is 112 g/mol. The van der Waals surface area contributed by atoms with E-state index in [1.165, 1.54) is 6.26 Å². The molecule has 1 heteroatoms. The summed E-state index contributed by atoms with van der Waals surface area (Å²) in [5.74, 6) is 1.43. The van der Waals surface area contributed by atoms with Crippen LogP contribution in [-0.4, -0.2) is 0 Å². The second kappa shape index (κ2) is 4.19. The molecule has 0 aromatic carbocycles. The highest BCUT2D eigenvalue weighted by atomic mass is 16.5. The van der Waals surface area contributed by atoms with E-state index in [1.807, 2.05) is 13.0 Å². The number of rotatable bonds is 3. The summed E-state index contributed by atoms with van der Waals surface area (Å²) in [4.78, 5) is 0. The number of hydrogen-bond donors (Lipinski definition) is 0. The molecular formula is C8H14O. The van der Waals surface area contributed by atoms with Crippen LogP contribution in [0.4, 0.5) is 0 Å². The van der Waals surface area contributed by atoms with Crippen LogP contribution in [0, 0.1) is 5.92 Å². The Morgan fingerprint density at radius 2 is 2.11 bits per heavy atom. The Hall–Kier alpha value is -0.720. The average Bonchev–Trinajstić information content (AvgIpc) is 1.82. The highest BCUT2D eigenvalue weighted by molar-refractivity contribution is 4.94.